The molecular formula is C14H9Cl2N3O. The number of nitrogens with zero attached hydrogens (tertiary/aromatic N) is 1. The third kappa shape index (κ3) is 2.48. The lowest BCUT2D eigenvalue weighted by atomic mass is 10.2. The summed E-state index contributed by atoms with van der Waals surface area (Å²) in [4.78, 5) is 12.2. The van der Waals surface area contributed by atoms with Crippen molar-refractivity contribution in [1.82, 2.24) is 10.2 Å². The quantitative estimate of drug-likeness (QED) is 0.748. The third-order valence-electron chi connectivity index (χ3n) is 2.87. The number of halogens is 2. The van der Waals surface area contributed by atoms with Gasteiger partial charge in [-0.05, 0) is 36.4 Å². The van der Waals surface area contributed by atoms with E-state index in [4.69, 9.17) is 23.2 Å². The first-order chi connectivity index (χ1) is 9.63. The van der Waals surface area contributed by atoms with E-state index in [0.29, 0.717) is 21.3 Å². The molecule has 1 amide bonds. The Balaban J connectivity index is 1.89. The molecule has 0 aliphatic heterocycles. The van der Waals surface area contributed by atoms with E-state index in [1.54, 1.807) is 30.5 Å². The van der Waals surface area contributed by atoms with E-state index in [2.05, 4.69) is 15.5 Å². The number of carbonyl (C=O) groups is 1. The Morgan fingerprint density at radius 3 is 2.85 bits per heavy atom. The average molecular weight is 306 g/mol. The topological polar surface area (TPSA) is 57.8 Å². The van der Waals surface area contributed by atoms with Crippen molar-refractivity contribution in [2.45, 2.75) is 0 Å². The Kier molecular flexibility index (Phi) is 3.34. The highest BCUT2D eigenvalue weighted by atomic mass is 35.5. The first-order valence-electron chi connectivity index (χ1n) is 5.83. The minimum Gasteiger partial charge on any atom is -0.322 e. The van der Waals surface area contributed by atoms with Crippen molar-refractivity contribution in [3.8, 4) is 0 Å². The maximum Gasteiger partial charge on any atom is 0.257 e. The van der Waals surface area contributed by atoms with Gasteiger partial charge in [0, 0.05) is 16.1 Å². The zero-order chi connectivity index (χ0) is 14.1. The highest BCUT2D eigenvalue weighted by Crippen LogP contribution is 2.23. The van der Waals surface area contributed by atoms with Gasteiger partial charge in [-0.15, -0.1) is 0 Å². The first-order valence-corrected chi connectivity index (χ1v) is 6.58. The van der Waals surface area contributed by atoms with Gasteiger partial charge in [-0.25, -0.2) is 0 Å². The fourth-order valence-corrected chi connectivity index (χ4v) is 2.26. The van der Waals surface area contributed by atoms with E-state index >= 15 is 0 Å². The second kappa shape index (κ2) is 5.15. The van der Waals surface area contributed by atoms with Crippen molar-refractivity contribution in [1.29, 1.82) is 0 Å². The van der Waals surface area contributed by atoms with Gasteiger partial charge < -0.3 is 5.32 Å². The lowest BCUT2D eigenvalue weighted by Crippen LogP contribution is -2.12. The van der Waals surface area contributed by atoms with E-state index in [-0.39, 0.29) is 5.91 Å². The van der Waals surface area contributed by atoms with Crippen LogP contribution in [0, 0.1) is 0 Å². The van der Waals surface area contributed by atoms with Crippen molar-refractivity contribution in [3.63, 3.8) is 0 Å². The summed E-state index contributed by atoms with van der Waals surface area (Å²) in [5, 5.41) is 11.3. The van der Waals surface area contributed by atoms with Crippen LogP contribution in [0.4, 0.5) is 5.69 Å². The van der Waals surface area contributed by atoms with Crippen molar-refractivity contribution in [2.24, 2.45) is 0 Å². The molecule has 100 valence electrons. The molecule has 1 heterocycles. The molecule has 1 aromatic heterocycles. The average Bonchev–Trinajstić information content (AvgIpc) is 2.89. The maximum atomic E-state index is 12.2. The molecule has 0 fully saturated rings. The predicted octanol–water partition coefficient (Wildman–Crippen LogP) is 4.12. The molecule has 2 N–H and O–H groups in total. The van der Waals surface area contributed by atoms with Crippen LogP contribution < -0.4 is 5.32 Å². The summed E-state index contributed by atoms with van der Waals surface area (Å²) in [5.41, 5.74) is 1.84. The Morgan fingerprint density at radius 2 is 2.00 bits per heavy atom. The fraction of sp³-hybridized carbons (Fsp3) is 0. The highest BCUT2D eigenvalue weighted by Gasteiger charge is 2.11. The van der Waals surface area contributed by atoms with Gasteiger partial charge in [0.2, 0.25) is 0 Å². The van der Waals surface area contributed by atoms with Crippen LogP contribution in [-0.4, -0.2) is 16.1 Å². The van der Waals surface area contributed by atoms with Gasteiger partial charge >= 0.3 is 0 Å². The number of amides is 1. The summed E-state index contributed by atoms with van der Waals surface area (Å²) in [5.74, 6) is -0.309. The van der Waals surface area contributed by atoms with Crippen molar-refractivity contribution < 1.29 is 4.79 Å². The Labute approximate surface area is 124 Å². The third-order valence-corrected chi connectivity index (χ3v) is 3.44. The lowest BCUT2D eigenvalue weighted by Gasteiger charge is -2.07. The van der Waals surface area contributed by atoms with E-state index in [9.17, 15) is 4.79 Å². The van der Waals surface area contributed by atoms with Gasteiger partial charge in [-0.2, -0.15) is 5.10 Å². The molecule has 3 aromatic rings. The molecule has 0 saturated carbocycles. The van der Waals surface area contributed by atoms with E-state index in [1.807, 2.05) is 6.07 Å². The van der Waals surface area contributed by atoms with Crippen LogP contribution in [0.25, 0.3) is 10.9 Å². The van der Waals surface area contributed by atoms with Gasteiger partial charge in [0.15, 0.2) is 0 Å². The van der Waals surface area contributed by atoms with Crippen LogP contribution in [0.3, 0.4) is 0 Å². The molecule has 0 bridgehead atoms. The Bertz CT molecular complexity index is 798. The van der Waals surface area contributed by atoms with E-state index in [0.717, 1.165) is 10.9 Å². The number of nitrogens with one attached hydrogen (secondary N) is 2. The lowest BCUT2D eigenvalue weighted by molar-refractivity contribution is 0.102. The summed E-state index contributed by atoms with van der Waals surface area (Å²) in [7, 11) is 0. The SMILES string of the molecule is O=C(Nc1ccc2cn[nH]c2c1)c1cc(Cl)ccc1Cl. The monoisotopic (exact) mass is 305 g/mol. The first kappa shape index (κ1) is 13.0. The number of hydrogen-bond acceptors (Lipinski definition) is 2. The molecule has 3 rings (SSSR count). The number of fused-ring (bicyclic) bond motifs is 1. The predicted molar refractivity (Wildman–Crippen MR) is 80.5 cm³/mol. The number of aromatic nitrogens is 2. The summed E-state index contributed by atoms with van der Waals surface area (Å²) >= 11 is 11.9. The van der Waals surface area contributed by atoms with Crippen molar-refractivity contribution in [3.05, 3.63) is 58.2 Å². The second-order valence-corrected chi connectivity index (χ2v) is 5.09. The van der Waals surface area contributed by atoms with Crippen molar-refractivity contribution in [2.75, 3.05) is 5.32 Å². The highest BCUT2D eigenvalue weighted by molar-refractivity contribution is 6.36. The molecule has 0 unspecified atom stereocenters. The molecule has 6 heteroatoms. The zero-order valence-corrected chi connectivity index (χ0v) is 11.7. The van der Waals surface area contributed by atoms with Crippen LogP contribution in [0.1, 0.15) is 10.4 Å². The number of H-pyrrole nitrogens is 1. The summed E-state index contributed by atoms with van der Waals surface area (Å²) in [6, 6.07) is 10.2. The van der Waals surface area contributed by atoms with Gasteiger partial charge in [-0.3, -0.25) is 9.89 Å². The Hall–Kier alpha value is -2.04. The van der Waals surface area contributed by atoms with Crippen LogP contribution in [0.15, 0.2) is 42.6 Å². The van der Waals surface area contributed by atoms with Crippen LogP contribution in [-0.2, 0) is 0 Å². The van der Waals surface area contributed by atoms with Gasteiger partial charge in [-0.1, -0.05) is 23.2 Å². The fourth-order valence-electron chi connectivity index (χ4n) is 1.88. The number of aromatic amines is 1. The zero-order valence-electron chi connectivity index (χ0n) is 10.2. The number of anilines is 1. The van der Waals surface area contributed by atoms with Gasteiger partial charge in [0.05, 0.1) is 22.3 Å². The molecular weight excluding hydrogens is 297 g/mol. The van der Waals surface area contributed by atoms with Crippen LogP contribution >= 0.6 is 23.2 Å². The minimum atomic E-state index is -0.309. The van der Waals surface area contributed by atoms with Crippen LogP contribution in [0.2, 0.25) is 10.0 Å². The molecule has 0 aliphatic carbocycles. The number of carbonyl (C=O) groups excluding carboxylic acids is 1. The second-order valence-electron chi connectivity index (χ2n) is 4.25. The van der Waals surface area contributed by atoms with Crippen LogP contribution in [0.5, 0.6) is 0 Å². The molecule has 0 spiro atoms. The standard InChI is InChI=1S/C14H9Cl2N3O/c15-9-2-4-12(16)11(5-9)14(20)18-10-3-1-8-7-17-19-13(8)6-10/h1-7H,(H,17,19)(H,18,20). The summed E-state index contributed by atoms with van der Waals surface area (Å²) < 4.78 is 0. The molecule has 0 atom stereocenters. The molecule has 0 aliphatic rings. The van der Waals surface area contributed by atoms with E-state index < -0.39 is 0 Å². The summed E-state index contributed by atoms with van der Waals surface area (Å²) in [6.07, 6.45) is 1.72. The molecule has 2 aromatic carbocycles. The molecule has 0 radical (unpaired) electrons. The largest absolute Gasteiger partial charge is 0.322 e. The normalized spacial score (nSPS) is 10.7. The molecule has 4 nitrogen and oxygen atoms in total. The van der Waals surface area contributed by atoms with Crippen molar-refractivity contribution >= 4 is 45.7 Å². The number of rotatable bonds is 2. The molecule has 0 saturated heterocycles. The number of hydrogen-bond donors (Lipinski definition) is 2. The van der Waals surface area contributed by atoms with Gasteiger partial charge in [0.1, 0.15) is 0 Å². The number of benzene rings is 2. The Morgan fingerprint density at radius 1 is 1.15 bits per heavy atom. The maximum absolute atomic E-state index is 12.2. The smallest absolute Gasteiger partial charge is 0.257 e. The minimum absolute atomic E-state index is 0.309. The summed E-state index contributed by atoms with van der Waals surface area (Å²) in [6.45, 7) is 0. The van der Waals surface area contributed by atoms with E-state index in [1.165, 1.54) is 6.07 Å². The van der Waals surface area contributed by atoms with Gasteiger partial charge in [0.25, 0.3) is 5.91 Å². The molecule has 20 heavy (non-hydrogen) atoms.